The van der Waals surface area contributed by atoms with Gasteiger partial charge in [-0.05, 0) is 24.3 Å². The number of hydrogen-bond donors (Lipinski definition) is 0. The number of benzene rings is 1. The highest BCUT2D eigenvalue weighted by molar-refractivity contribution is 7.99. The SMILES string of the molecule is COc1ccc(C(=O)N2CCCSCC2CN2CCOCC2)c(OC)c1. The quantitative estimate of drug-likeness (QED) is 0.779. The average Bonchev–Trinajstić information content (AvgIpc) is 2.93. The van der Waals surface area contributed by atoms with E-state index in [0.29, 0.717) is 17.1 Å². The molecule has 2 aliphatic heterocycles. The van der Waals surface area contributed by atoms with E-state index in [4.69, 9.17) is 14.2 Å². The van der Waals surface area contributed by atoms with Gasteiger partial charge in [0, 0.05) is 38.0 Å². The lowest BCUT2D eigenvalue weighted by molar-refractivity contribution is 0.0244. The molecular formula is C19H28N2O4S. The van der Waals surface area contributed by atoms with Crippen molar-refractivity contribution < 1.29 is 19.0 Å². The molecule has 1 aromatic carbocycles. The summed E-state index contributed by atoms with van der Waals surface area (Å²) in [6.07, 6.45) is 1.02. The van der Waals surface area contributed by atoms with Crippen LogP contribution in [0.25, 0.3) is 0 Å². The molecule has 2 saturated heterocycles. The molecule has 0 aliphatic carbocycles. The minimum atomic E-state index is 0.0465. The smallest absolute Gasteiger partial charge is 0.257 e. The standard InChI is InChI=1S/C19H28N2O4S/c1-23-16-4-5-17(18(12-16)24-2)19(22)21-6-3-11-26-14-15(21)13-20-7-9-25-10-8-20/h4-5,12,15H,3,6-11,13-14H2,1-2H3. The first-order valence-electron chi connectivity index (χ1n) is 9.13. The Balaban J connectivity index is 1.79. The molecule has 6 nitrogen and oxygen atoms in total. The van der Waals surface area contributed by atoms with Gasteiger partial charge in [0.15, 0.2) is 0 Å². The lowest BCUT2D eigenvalue weighted by atomic mass is 10.1. The van der Waals surface area contributed by atoms with Gasteiger partial charge in [0.2, 0.25) is 0 Å². The van der Waals surface area contributed by atoms with Crippen molar-refractivity contribution in [3.05, 3.63) is 23.8 Å². The van der Waals surface area contributed by atoms with Gasteiger partial charge in [-0.15, -0.1) is 0 Å². The van der Waals surface area contributed by atoms with Gasteiger partial charge < -0.3 is 19.1 Å². The van der Waals surface area contributed by atoms with Gasteiger partial charge in [0.1, 0.15) is 11.5 Å². The summed E-state index contributed by atoms with van der Waals surface area (Å²) in [6, 6.07) is 5.61. The lowest BCUT2D eigenvalue weighted by Crippen LogP contribution is -2.50. The molecule has 2 heterocycles. The number of rotatable bonds is 5. The van der Waals surface area contributed by atoms with E-state index < -0.39 is 0 Å². The Morgan fingerprint density at radius 3 is 2.77 bits per heavy atom. The third kappa shape index (κ3) is 4.64. The minimum absolute atomic E-state index is 0.0465. The van der Waals surface area contributed by atoms with E-state index in [2.05, 4.69) is 4.90 Å². The second-order valence-corrected chi connectivity index (χ2v) is 7.71. The van der Waals surface area contributed by atoms with Crippen LogP contribution in [0.3, 0.4) is 0 Å². The van der Waals surface area contributed by atoms with E-state index in [1.54, 1.807) is 20.3 Å². The van der Waals surface area contributed by atoms with E-state index in [-0.39, 0.29) is 11.9 Å². The maximum Gasteiger partial charge on any atom is 0.257 e. The van der Waals surface area contributed by atoms with Gasteiger partial charge in [-0.3, -0.25) is 9.69 Å². The minimum Gasteiger partial charge on any atom is -0.497 e. The Hall–Kier alpha value is -1.44. The molecule has 0 spiro atoms. The Kier molecular flexibility index (Phi) is 7.05. The molecule has 0 radical (unpaired) electrons. The van der Waals surface area contributed by atoms with E-state index >= 15 is 0 Å². The summed E-state index contributed by atoms with van der Waals surface area (Å²) in [6.45, 7) is 5.13. The van der Waals surface area contributed by atoms with E-state index in [0.717, 1.165) is 57.3 Å². The molecule has 2 fully saturated rings. The molecule has 26 heavy (non-hydrogen) atoms. The molecule has 144 valence electrons. The molecule has 2 aliphatic rings. The van der Waals surface area contributed by atoms with Gasteiger partial charge >= 0.3 is 0 Å². The Morgan fingerprint density at radius 2 is 2.04 bits per heavy atom. The number of thioether (sulfide) groups is 1. The van der Waals surface area contributed by atoms with E-state index in [9.17, 15) is 4.79 Å². The van der Waals surface area contributed by atoms with Crippen LogP contribution in [0.15, 0.2) is 18.2 Å². The number of carbonyl (C=O) groups is 1. The number of amides is 1. The van der Waals surface area contributed by atoms with Crippen molar-refractivity contribution in [1.82, 2.24) is 9.80 Å². The maximum absolute atomic E-state index is 13.3. The number of ether oxygens (including phenoxy) is 3. The summed E-state index contributed by atoms with van der Waals surface area (Å²) in [5, 5.41) is 0. The molecule has 0 aromatic heterocycles. The van der Waals surface area contributed by atoms with Crippen LogP contribution in [0.5, 0.6) is 11.5 Å². The van der Waals surface area contributed by atoms with Crippen LogP contribution in [0.4, 0.5) is 0 Å². The van der Waals surface area contributed by atoms with Crippen LogP contribution in [0.1, 0.15) is 16.8 Å². The molecule has 1 aromatic rings. The van der Waals surface area contributed by atoms with Crippen LogP contribution in [-0.4, -0.2) is 86.9 Å². The van der Waals surface area contributed by atoms with Crippen molar-refractivity contribution in [1.29, 1.82) is 0 Å². The van der Waals surface area contributed by atoms with E-state index in [1.165, 1.54) is 0 Å². The van der Waals surface area contributed by atoms with Crippen LogP contribution < -0.4 is 9.47 Å². The Labute approximate surface area is 159 Å². The topological polar surface area (TPSA) is 51.2 Å². The summed E-state index contributed by atoms with van der Waals surface area (Å²) < 4.78 is 16.2. The first-order chi connectivity index (χ1) is 12.7. The fourth-order valence-electron chi connectivity index (χ4n) is 3.46. The zero-order valence-electron chi connectivity index (χ0n) is 15.6. The van der Waals surface area contributed by atoms with Crippen molar-refractivity contribution in [2.45, 2.75) is 12.5 Å². The molecule has 1 unspecified atom stereocenters. The molecule has 0 saturated carbocycles. The summed E-state index contributed by atoms with van der Waals surface area (Å²) >= 11 is 1.94. The number of hydrogen-bond acceptors (Lipinski definition) is 6. The van der Waals surface area contributed by atoms with Crippen molar-refractivity contribution in [2.75, 3.05) is 65.1 Å². The fourth-order valence-corrected chi connectivity index (χ4v) is 4.52. The summed E-state index contributed by atoms with van der Waals surface area (Å²) in [5.41, 5.74) is 0.604. The van der Waals surface area contributed by atoms with Crippen LogP contribution in [-0.2, 0) is 4.74 Å². The molecule has 0 N–H and O–H groups in total. The molecule has 1 amide bonds. The predicted molar refractivity (Wildman–Crippen MR) is 104 cm³/mol. The van der Waals surface area contributed by atoms with E-state index in [1.807, 2.05) is 28.8 Å². The van der Waals surface area contributed by atoms with Gasteiger partial charge in [-0.25, -0.2) is 0 Å². The summed E-state index contributed by atoms with van der Waals surface area (Å²) in [5.74, 6) is 3.38. The third-order valence-corrected chi connectivity index (χ3v) is 6.11. The summed E-state index contributed by atoms with van der Waals surface area (Å²) in [7, 11) is 3.20. The zero-order valence-corrected chi connectivity index (χ0v) is 16.4. The first-order valence-corrected chi connectivity index (χ1v) is 10.3. The Bertz CT molecular complexity index is 607. The fraction of sp³-hybridized carbons (Fsp3) is 0.632. The zero-order chi connectivity index (χ0) is 18.4. The van der Waals surface area contributed by atoms with Crippen LogP contribution >= 0.6 is 11.8 Å². The molecule has 0 bridgehead atoms. The molecule has 7 heteroatoms. The Morgan fingerprint density at radius 1 is 1.23 bits per heavy atom. The number of carbonyl (C=O) groups excluding carboxylic acids is 1. The first kappa shape index (κ1) is 19.3. The van der Waals surface area contributed by atoms with Crippen molar-refractivity contribution in [3.8, 4) is 11.5 Å². The highest BCUT2D eigenvalue weighted by Crippen LogP contribution is 2.28. The molecule has 3 rings (SSSR count). The largest absolute Gasteiger partial charge is 0.497 e. The second kappa shape index (κ2) is 9.48. The van der Waals surface area contributed by atoms with Crippen LogP contribution in [0.2, 0.25) is 0 Å². The van der Waals surface area contributed by atoms with Gasteiger partial charge in [-0.2, -0.15) is 11.8 Å². The highest BCUT2D eigenvalue weighted by atomic mass is 32.2. The maximum atomic E-state index is 13.3. The van der Waals surface area contributed by atoms with Gasteiger partial charge in [0.05, 0.1) is 39.0 Å². The lowest BCUT2D eigenvalue weighted by Gasteiger charge is -2.36. The predicted octanol–water partition coefficient (Wildman–Crippen LogP) is 1.98. The normalized spacial score (nSPS) is 21.9. The van der Waals surface area contributed by atoms with Crippen LogP contribution in [0, 0.1) is 0 Å². The number of morpholine rings is 1. The molecular weight excluding hydrogens is 352 g/mol. The highest BCUT2D eigenvalue weighted by Gasteiger charge is 2.30. The van der Waals surface area contributed by atoms with Crippen molar-refractivity contribution >= 4 is 17.7 Å². The number of methoxy groups -OCH3 is 2. The summed E-state index contributed by atoms with van der Waals surface area (Å²) in [4.78, 5) is 17.8. The van der Waals surface area contributed by atoms with Crippen molar-refractivity contribution in [2.24, 2.45) is 0 Å². The van der Waals surface area contributed by atoms with Gasteiger partial charge in [0.25, 0.3) is 5.91 Å². The second-order valence-electron chi connectivity index (χ2n) is 6.56. The molecule has 1 atom stereocenters. The van der Waals surface area contributed by atoms with Crippen molar-refractivity contribution in [3.63, 3.8) is 0 Å². The average molecular weight is 381 g/mol. The monoisotopic (exact) mass is 380 g/mol. The number of nitrogens with zero attached hydrogens (tertiary/aromatic N) is 2. The third-order valence-electron chi connectivity index (χ3n) is 4.91. The van der Waals surface area contributed by atoms with Gasteiger partial charge in [-0.1, -0.05) is 0 Å².